The first-order valence-corrected chi connectivity index (χ1v) is 6.83. The number of hydrogen-bond donors (Lipinski definition) is 2. The predicted octanol–water partition coefficient (Wildman–Crippen LogP) is 2.83. The van der Waals surface area contributed by atoms with E-state index in [1.54, 1.807) is 6.07 Å². The smallest absolute Gasteiger partial charge is 0.276 e. The highest BCUT2D eigenvalue weighted by molar-refractivity contribution is 7.22. The molecule has 0 radical (unpaired) electrons. The largest absolute Gasteiger partial charge is 0.399 e. The van der Waals surface area contributed by atoms with E-state index in [9.17, 15) is 4.79 Å². The third-order valence-electron chi connectivity index (χ3n) is 2.78. The van der Waals surface area contributed by atoms with Crippen LogP contribution in [0.5, 0.6) is 0 Å². The van der Waals surface area contributed by atoms with Gasteiger partial charge in [0.25, 0.3) is 5.91 Å². The fourth-order valence-corrected chi connectivity index (χ4v) is 2.78. The molecule has 3 rings (SSSR count). The molecule has 1 aromatic carbocycles. The van der Waals surface area contributed by atoms with Crippen molar-refractivity contribution < 1.29 is 4.79 Å². The van der Waals surface area contributed by atoms with Crippen LogP contribution in [0.15, 0.2) is 36.5 Å². The van der Waals surface area contributed by atoms with Crippen LogP contribution < -0.4 is 11.1 Å². The normalized spacial score (nSPS) is 10.7. The Kier molecular flexibility index (Phi) is 3.08. The van der Waals surface area contributed by atoms with Gasteiger partial charge in [0.15, 0.2) is 5.13 Å². The second-order valence-electron chi connectivity index (χ2n) is 4.42. The van der Waals surface area contributed by atoms with E-state index in [4.69, 9.17) is 5.73 Å². The fraction of sp³-hybridized carbons (Fsp3) is 0.0714. The topological polar surface area (TPSA) is 80.9 Å². The number of thiazole rings is 1. The summed E-state index contributed by atoms with van der Waals surface area (Å²) in [7, 11) is 0. The Balaban J connectivity index is 1.87. The van der Waals surface area contributed by atoms with Crippen molar-refractivity contribution in [1.29, 1.82) is 0 Å². The Bertz CT molecular complexity index is 797. The number of carbonyl (C=O) groups excluding carboxylic acids is 1. The van der Waals surface area contributed by atoms with Gasteiger partial charge in [-0.2, -0.15) is 0 Å². The third kappa shape index (κ3) is 2.46. The zero-order valence-electron chi connectivity index (χ0n) is 10.8. The number of aryl methyl sites for hydroxylation is 1. The van der Waals surface area contributed by atoms with Crippen LogP contribution in [0, 0.1) is 6.92 Å². The second-order valence-corrected chi connectivity index (χ2v) is 5.45. The molecule has 0 fully saturated rings. The SMILES string of the molecule is Cc1ccc2nc(NC(=O)c3cc(N)ccn3)sc2c1. The van der Waals surface area contributed by atoms with Gasteiger partial charge in [-0.25, -0.2) is 4.98 Å². The number of fused-ring (bicyclic) bond motifs is 1. The van der Waals surface area contributed by atoms with Crippen LogP contribution in [-0.4, -0.2) is 15.9 Å². The minimum atomic E-state index is -0.312. The zero-order chi connectivity index (χ0) is 14.1. The molecule has 0 bridgehead atoms. The highest BCUT2D eigenvalue weighted by Gasteiger charge is 2.11. The molecular formula is C14H12N4OS. The van der Waals surface area contributed by atoms with E-state index in [2.05, 4.69) is 15.3 Å². The summed E-state index contributed by atoms with van der Waals surface area (Å²) in [5.74, 6) is -0.312. The number of aromatic nitrogens is 2. The molecule has 6 heteroatoms. The molecule has 0 unspecified atom stereocenters. The monoisotopic (exact) mass is 284 g/mol. The van der Waals surface area contributed by atoms with Crippen molar-refractivity contribution in [3.05, 3.63) is 47.8 Å². The number of nitrogens with two attached hydrogens (primary N) is 1. The molecule has 3 aromatic rings. The summed E-state index contributed by atoms with van der Waals surface area (Å²) >= 11 is 1.44. The van der Waals surface area contributed by atoms with Gasteiger partial charge in [0.05, 0.1) is 10.2 Å². The Labute approximate surface area is 119 Å². The number of carbonyl (C=O) groups is 1. The average molecular weight is 284 g/mol. The van der Waals surface area contributed by atoms with E-state index in [1.165, 1.54) is 23.6 Å². The molecule has 5 nitrogen and oxygen atoms in total. The predicted molar refractivity (Wildman–Crippen MR) is 81.0 cm³/mol. The summed E-state index contributed by atoms with van der Waals surface area (Å²) in [5, 5.41) is 3.30. The number of nitrogens with one attached hydrogen (secondary N) is 1. The molecule has 0 aliphatic rings. The third-order valence-corrected chi connectivity index (χ3v) is 3.71. The van der Waals surface area contributed by atoms with E-state index >= 15 is 0 Å². The molecular weight excluding hydrogens is 272 g/mol. The number of hydrogen-bond acceptors (Lipinski definition) is 5. The number of anilines is 2. The Hall–Kier alpha value is -2.47. The van der Waals surface area contributed by atoms with E-state index < -0.39 is 0 Å². The first kappa shape index (κ1) is 12.6. The molecule has 2 heterocycles. The van der Waals surface area contributed by atoms with E-state index in [1.807, 2.05) is 25.1 Å². The van der Waals surface area contributed by atoms with Gasteiger partial charge < -0.3 is 5.73 Å². The lowest BCUT2D eigenvalue weighted by atomic mass is 10.2. The van der Waals surface area contributed by atoms with Crippen LogP contribution in [0.4, 0.5) is 10.8 Å². The van der Waals surface area contributed by atoms with Crippen LogP contribution in [0.3, 0.4) is 0 Å². The number of rotatable bonds is 2. The van der Waals surface area contributed by atoms with Crippen LogP contribution in [0.2, 0.25) is 0 Å². The number of nitrogens with zero attached hydrogens (tertiary/aromatic N) is 2. The first-order valence-electron chi connectivity index (χ1n) is 6.02. The van der Waals surface area contributed by atoms with Gasteiger partial charge in [-0.3, -0.25) is 15.1 Å². The fourth-order valence-electron chi connectivity index (χ4n) is 1.82. The molecule has 0 saturated carbocycles. The molecule has 0 saturated heterocycles. The minimum Gasteiger partial charge on any atom is -0.399 e. The number of pyridine rings is 1. The summed E-state index contributed by atoms with van der Waals surface area (Å²) < 4.78 is 1.04. The van der Waals surface area contributed by atoms with Crippen molar-refractivity contribution >= 4 is 38.3 Å². The molecule has 3 N–H and O–H groups in total. The molecule has 20 heavy (non-hydrogen) atoms. The van der Waals surface area contributed by atoms with E-state index in [0.29, 0.717) is 10.8 Å². The molecule has 0 aliphatic carbocycles. The summed E-state index contributed by atoms with van der Waals surface area (Å²) in [4.78, 5) is 20.4. The second kappa shape index (κ2) is 4.90. The first-order chi connectivity index (χ1) is 9.61. The van der Waals surface area contributed by atoms with Crippen LogP contribution in [0.1, 0.15) is 16.1 Å². The number of nitrogen functional groups attached to an aromatic ring is 1. The molecule has 0 spiro atoms. The Morgan fingerprint density at radius 1 is 1.30 bits per heavy atom. The molecule has 0 aliphatic heterocycles. The number of amides is 1. The van der Waals surface area contributed by atoms with Gasteiger partial charge >= 0.3 is 0 Å². The highest BCUT2D eigenvalue weighted by Crippen LogP contribution is 2.26. The highest BCUT2D eigenvalue weighted by atomic mass is 32.1. The molecule has 0 atom stereocenters. The van der Waals surface area contributed by atoms with Gasteiger partial charge in [0.1, 0.15) is 5.69 Å². The minimum absolute atomic E-state index is 0.278. The number of benzene rings is 1. The van der Waals surface area contributed by atoms with Gasteiger partial charge in [-0.15, -0.1) is 0 Å². The molecule has 1 amide bonds. The maximum absolute atomic E-state index is 12.0. The zero-order valence-corrected chi connectivity index (χ0v) is 11.6. The van der Waals surface area contributed by atoms with Crippen molar-refractivity contribution in [3.8, 4) is 0 Å². The summed E-state index contributed by atoms with van der Waals surface area (Å²) in [5.41, 5.74) is 8.45. The Morgan fingerprint density at radius 3 is 2.95 bits per heavy atom. The van der Waals surface area contributed by atoms with Crippen LogP contribution in [0.25, 0.3) is 10.2 Å². The lowest BCUT2D eigenvalue weighted by Crippen LogP contribution is -2.13. The van der Waals surface area contributed by atoms with Crippen molar-refractivity contribution in [2.45, 2.75) is 6.92 Å². The lowest BCUT2D eigenvalue weighted by molar-refractivity contribution is 0.102. The van der Waals surface area contributed by atoms with Crippen LogP contribution in [-0.2, 0) is 0 Å². The van der Waals surface area contributed by atoms with Crippen molar-refractivity contribution in [3.63, 3.8) is 0 Å². The van der Waals surface area contributed by atoms with E-state index in [0.717, 1.165) is 15.8 Å². The van der Waals surface area contributed by atoms with Gasteiger partial charge in [-0.1, -0.05) is 17.4 Å². The quantitative estimate of drug-likeness (QED) is 0.758. The Morgan fingerprint density at radius 2 is 2.15 bits per heavy atom. The molecule has 100 valence electrons. The lowest BCUT2D eigenvalue weighted by Gasteiger charge is -2.01. The maximum atomic E-state index is 12.0. The summed E-state index contributed by atoms with van der Waals surface area (Å²) in [6.07, 6.45) is 1.51. The van der Waals surface area contributed by atoms with Gasteiger partial charge in [-0.05, 0) is 36.8 Å². The average Bonchev–Trinajstić information content (AvgIpc) is 2.80. The van der Waals surface area contributed by atoms with Crippen molar-refractivity contribution in [1.82, 2.24) is 9.97 Å². The summed E-state index contributed by atoms with van der Waals surface area (Å²) in [6.45, 7) is 2.02. The van der Waals surface area contributed by atoms with Gasteiger partial charge in [0, 0.05) is 11.9 Å². The van der Waals surface area contributed by atoms with Gasteiger partial charge in [0.2, 0.25) is 0 Å². The van der Waals surface area contributed by atoms with E-state index in [-0.39, 0.29) is 11.6 Å². The van der Waals surface area contributed by atoms with Crippen molar-refractivity contribution in [2.24, 2.45) is 0 Å². The summed E-state index contributed by atoms with van der Waals surface area (Å²) in [6, 6.07) is 9.15. The standard InChI is InChI=1S/C14H12N4OS/c1-8-2-3-10-12(6-8)20-14(17-10)18-13(19)11-7-9(15)4-5-16-11/h2-7H,1H3,(H2,15,16)(H,17,18,19). The van der Waals surface area contributed by atoms with Crippen LogP contribution >= 0.6 is 11.3 Å². The molecule has 2 aromatic heterocycles. The maximum Gasteiger partial charge on any atom is 0.276 e. The van der Waals surface area contributed by atoms with Crippen molar-refractivity contribution in [2.75, 3.05) is 11.1 Å².